The molecule has 2 N–H and O–H groups in total. The Balaban J connectivity index is 1.79. The van der Waals surface area contributed by atoms with Gasteiger partial charge in [-0.1, -0.05) is 41.6 Å². The van der Waals surface area contributed by atoms with Crippen LogP contribution in [0.2, 0.25) is 5.02 Å². The SMILES string of the molecule is CCCC(=O)Nc1nnc(SCC(=O)Nc2ccc(Cl)cc2)s1. The van der Waals surface area contributed by atoms with Crippen molar-refractivity contribution < 1.29 is 9.59 Å². The van der Waals surface area contributed by atoms with Gasteiger partial charge in [-0.15, -0.1) is 10.2 Å². The van der Waals surface area contributed by atoms with E-state index in [1.807, 2.05) is 6.92 Å². The van der Waals surface area contributed by atoms with Crippen molar-refractivity contribution in [2.45, 2.75) is 24.1 Å². The highest BCUT2D eigenvalue weighted by atomic mass is 35.5. The number of carbonyl (C=O) groups is 2. The molecule has 122 valence electrons. The second-order valence-electron chi connectivity index (χ2n) is 4.52. The third kappa shape index (κ3) is 6.17. The summed E-state index contributed by atoms with van der Waals surface area (Å²) < 4.78 is 0.628. The Morgan fingerprint density at radius 2 is 1.91 bits per heavy atom. The van der Waals surface area contributed by atoms with Crippen molar-refractivity contribution in [1.82, 2.24) is 10.2 Å². The fourth-order valence-electron chi connectivity index (χ4n) is 1.59. The smallest absolute Gasteiger partial charge is 0.234 e. The molecular formula is C14H15ClN4O2S2. The number of nitrogens with zero attached hydrogens (tertiary/aromatic N) is 2. The molecule has 0 fully saturated rings. The maximum atomic E-state index is 11.9. The maximum Gasteiger partial charge on any atom is 0.234 e. The second-order valence-corrected chi connectivity index (χ2v) is 7.15. The van der Waals surface area contributed by atoms with E-state index in [1.54, 1.807) is 24.3 Å². The number of amides is 2. The summed E-state index contributed by atoms with van der Waals surface area (Å²) in [6.45, 7) is 1.93. The molecule has 0 aliphatic rings. The molecule has 0 spiro atoms. The summed E-state index contributed by atoms with van der Waals surface area (Å²) in [6, 6.07) is 6.88. The van der Waals surface area contributed by atoms with Gasteiger partial charge >= 0.3 is 0 Å². The Kier molecular flexibility index (Phi) is 6.82. The van der Waals surface area contributed by atoms with Gasteiger partial charge in [0.2, 0.25) is 16.9 Å². The zero-order valence-corrected chi connectivity index (χ0v) is 14.7. The van der Waals surface area contributed by atoms with Crippen LogP contribution in [0.25, 0.3) is 0 Å². The van der Waals surface area contributed by atoms with Gasteiger partial charge in [0.15, 0.2) is 4.34 Å². The van der Waals surface area contributed by atoms with Gasteiger partial charge in [-0.25, -0.2) is 0 Å². The van der Waals surface area contributed by atoms with Gasteiger partial charge in [0.25, 0.3) is 0 Å². The highest BCUT2D eigenvalue weighted by Crippen LogP contribution is 2.25. The van der Waals surface area contributed by atoms with E-state index in [1.165, 1.54) is 23.1 Å². The van der Waals surface area contributed by atoms with Crippen molar-refractivity contribution in [2.75, 3.05) is 16.4 Å². The third-order valence-electron chi connectivity index (χ3n) is 2.58. The van der Waals surface area contributed by atoms with E-state index >= 15 is 0 Å². The van der Waals surface area contributed by atoms with Gasteiger partial charge in [0, 0.05) is 17.1 Å². The quantitative estimate of drug-likeness (QED) is 0.574. The summed E-state index contributed by atoms with van der Waals surface area (Å²) in [4.78, 5) is 23.3. The summed E-state index contributed by atoms with van der Waals surface area (Å²) in [5.74, 6) is -0.0232. The highest BCUT2D eigenvalue weighted by molar-refractivity contribution is 8.01. The Morgan fingerprint density at radius 1 is 1.17 bits per heavy atom. The van der Waals surface area contributed by atoms with Crippen molar-refractivity contribution in [3.8, 4) is 0 Å². The first-order valence-electron chi connectivity index (χ1n) is 6.88. The van der Waals surface area contributed by atoms with Crippen molar-refractivity contribution >= 4 is 57.3 Å². The predicted octanol–water partition coefficient (Wildman–Crippen LogP) is 3.66. The molecule has 2 aromatic rings. The molecule has 0 saturated heterocycles. The Labute approximate surface area is 147 Å². The van der Waals surface area contributed by atoms with Crippen LogP contribution in [0.5, 0.6) is 0 Å². The molecule has 23 heavy (non-hydrogen) atoms. The first-order valence-corrected chi connectivity index (χ1v) is 9.06. The summed E-state index contributed by atoms with van der Waals surface area (Å²) in [5.41, 5.74) is 0.685. The first-order chi connectivity index (χ1) is 11.1. The van der Waals surface area contributed by atoms with E-state index in [0.717, 1.165) is 6.42 Å². The number of benzene rings is 1. The molecule has 0 atom stereocenters. The molecule has 0 aliphatic heterocycles. The lowest BCUT2D eigenvalue weighted by Gasteiger charge is -2.03. The predicted molar refractivity (Wildman–Crippen MR) is 94.3 cm³/mol. The number of carbonyl (C=O) groups excluding carboxylic acids is 2. The maximum absolute atomic E-state index is 11.9. The van der Waals surface area contributed by atoms with Gasteiger partial charge in [0.1, 0.15) is 0 Å². The van der Waals surface area contributed by atoms with Crippen LogP contribution in [-0.2, 0) is 9.59 Å². The van der Waals surface area contributed by atoms with Crippen LogP contribution in [0.3, 0.4) is 0 Å². The zero-order chi connectivity index (χ0) is 16.7. The molecule has 0 unspecified atom stereocenters. The molecular weight excluding hydrogens is 356 g/mol. The first kappa shape index (κ1) is 17.7. The number of thioether (sulfide) groups is 1. The number of halogens is 1. The zero-order valence-electron chi connectivity index (χ0n) is 12.3. The van der Waals surface area contributed by atoms with Crippen molar-refractivity contribution in [3.05, 3.63) is 29.3 Å². The molecule has 2 rings (SSSR count). The van der Waals surface area contributed by atoms with E-state index < -0.39 is 0 Å². The van der Waals surface area contributed by atoms with E-state index in [0.29, 0.717) is 26.6 Å². The van der Waals surface area contributed by atoms with Crippen LogP contribution in [0.4, 0.5) is 10.8 Å². The highest BCUT2D eigenvalue weighted by Gasteiger charge is 2.10. The number of nitrogens with one attached hydrogen (secondary N) is 2. The fourth-order valence-corrected chi connectivity index (χ4v) is 3.28. The molecule has 0 radical (unpaired) electrons. The molecule has 1 heterocycles. The van der Waals surface area contributed by atoms with Gasteiger partial charge in [-0.2, -0.15) is 0 Å². The Hall–Kier alpha value is -1.64. The molecule has 1 aromatic carbocycles. The number of hydrogen-bond donors (Lipinski definition) is 2. The second kappa shape index (κ2) is 8.85. The van der Waals surface area contributed by atoms with Crippen LogP contribution in [0, 0.1) is 0 Å². The average molecular weight is 371 g/mol. The van der Waals surface area contributed by atoms with Crippen LogP contribution >= 0.6 is 34.7 Å². The Bertz CT molecular complexity index is 676. The monoisotopic (exact) mass is 370 g/mol. The van der Waals surface area contributed by atoms with Crippen LogP contribution < -0.4 is 10.6 Å². The normalized spacial score (nSPS) is 10.3. The molecule has 2 amide bonds. The molecule has 0 bridgehead atoms. The fraction of sp³-hybridized carbons (Fsp3) is 0.286. The number of anilines is 2. The minimum atomic E-state index is -0.149. The minimum absolute atomic E-state index is 0.0827. The Morgan fingerprint density at radius 3 is 2.61 bits per heavy atom. The largest absolute Gasteiger partial charge is 0.325 e. The summed E-state index contributed by atoms with van der Waals surface area (Å²) >= 11 is 8.30. The number of hydrogen-bond acceptors (Lipinski definition) is 6. The van der Waals surface area contributed by atoms with E-state index in [-0.39, 0.29) is 17.6 Å². The summed E-state index contributed by atoms with van der Waals surface area (Å²) in [7, 11) is 0. The lowest BCUT2D eigenvalue weighted by molar-refractivity contribution is -0.116. The number of rotatable bonds is 7. The molecule has 0 saturated carbocycles. The van der Waals surface area contributed by atoms with Crippen molar-refractivity contribution in [2.24, 2.45) is 0 Å². The topological polar surface area (TPSA) is 84.0 Å². The van der Waals surface area contributed by atoms with Gasteiger partial charge < -0.3 is 10.6 Å². The molecule has 0 aliphatic carbocycles. The summed E-state index contributed by atoms with van der Waals surface area (Å²) in [6.07, 6.45) is 1.22. The molecule has 6 nitrogen and oxygen atoms in total. The lowest BCUT2D eigenvalue weighted by Crippen LogP contribution is -2.13. The lowest BCUT2D eigenvalue weighted by atomic mass is 10.3. The van der Waals surface area contributed by atoms with Crippen LogP contribution in [-0.4, -0.2) is 27.8 Å². The standard InChI is InChI=1S/C14H15ClN4O2S2/c1-2-3-11(20)17-13-18-19-14(23-13)22-8-12(21)16-10-6-4-9(15)5-7-10/h4-7H,2-3,8H2,1H3,(H,16,21)(H,17,18,20). The van der Waals surface area contributed by atoms with Gasteiger partial charge in [-0.05, 0) is 30.7 Å². The summed E-state index contributed by atoms with van der Waals surface area (Å²) in [5, 5.41) is 14.3. The number of aromatic nitrogens is 2. The van der Waals surface area contributed by atoms with E-state index in [2.05, 4.69) is 20.8 Å². The van der Waals surface area contributed by atoms with Crippen molar-refractivity contribution in [1.29, 1.82) is 0 Å². The van der Waals surface area contributed by atoms with E-state index in [4.69, 9.17) is 11.6 Å². The van der Waals surface area contributed by atoms with Crippen LogP contribution in [0.15, 0.2) is 28.6 Å². The van der Waals surface area contributed by atoms with Crippen LogP contribution in [0.1, 0.15) is 19.8 Å². The molecule has 1 aromatic heterocycles. The van der Waals surface area contributed by atoms with Gasteiger partial charge in [0.05, 0.1) is 5.75 Å². The molecule has 9 heteroatoms. The third-order valence-corrected chi connectivity index (χ3v) is 4.81. The average Bonchev–Trinajstić information content (AvgIpc) is 2.95. The van der Waals surface area contributed by atoms with Crippen molar-refractivity contribution in [3.63, 3.8) is 0 Å². The minimum Gasteiger partial charge on any atom is -0.325 e. The van der Waals surface area contributed by atoms with E-state index in [9.17, 15) is 9.59 Å². The van der Waals surface area contributed by atoms with Gasteiger partial charge in [-0.3, -0.25) is 9.59 Å².